The van der Waals surface area contributed by atoms with Crippen LogP contribution in [0.2, 0.25) is 5.02 Å². The Hall–Kier alpha value is -4.05. The first kappa shape index (κ1) is 22.7. The number of allylic oxidation sites excluding steroid dienone is 1. The summed E-state index contributed by atoms with van der Waals surface area (Å²) in [5, 5.41) is 8.09. The maximum absolute atomic E-state index is 13.6. The Morgan fingerprint density at radius 1 is 1.09 bits per heavy atom. The third-order valence-corrected chi connectivity index (χ3v) is 6.79. The first-order valence-corrected chi connectivity index (χ1v) is 11.0. The van der Waals surface area contributed by atoms with Crippen LogP contribution in [0, 0.1) is 5.92 Å². The van der Waals surface area contributed by atoms with E-state index >= 15 is 0 Å². The predicted octanol–water partition coefficient (Wildman–Crippen LogP) is 2.81. The number of halogens is 1. The van der Waals surface area contributed by atoms with Gasteiger partial charge in [-0.05, 0) is 18.6 Å². The van der Waals surface area contributed by atoms with Gasteiger partial charge in [0.2, 0.25) is 17.2 Å². The summed E-state index contributed by atoms with van der Waals surface area (Å²) in [5.74, 6) is -1.25. The molecule has 0 bridgehead atoms. The van der Waals surface area contributed by atoms with Crippen molar-refractivity contribution < 1.29 is 23.8 Å². The van der Waals surface area contributed by atoms with Crippen molar-refractivity contribution in [3.05, 3.63) is 67.3 Å². The molecule has 0 amide bonds. The van der Waals surface area contributed by atoms with Gasteiger partial charge in [0.25, 0.3) is 11.1 Å². The molecular weight excluding hydrogens is 478 g/mol. The first-order chi connectivity index (χ1) is 16.7. The number of aromatic amines is 2. The summed E-state index contributed by atoms with van der Waals surface area (Å²) in [5.41, 5.74) is -1.85. The summed E-state index contributed by atoms with van der Waals surface area (Å²) in [6.07, 6.45) is 1.52. The highest BCUT2D eigenvalue weighted by Crippen LogP contribution is 2.53. The molecule has 180 valence electrons. The zero-order chi connectivity index (χ0) is 25.1. The Morgan fingerprint density at radius 3 is 2.49 bits per heavy atom. The van der Waals surface area contributed by atoms with Crippen LogP contribution in [-0.4, -0.2) is 41.6 Å². The second-order valence-electron chi connectivity index (χ2n) is 8.37. The highest BCUT2D eigenvalue weighted by Gasteiger charge is 2.60. The van der Waals surface area contributed by atoms with Crippen LogP contribution in [0.25, 0.3) is 10.8 Å². The number of methoxy groups -OCH3 is 2. The summed E-state index contributed by atoms with van der Waals surface area (Å²) in [4.78, 5) is 51.5. The van der Waals surface area contributed by atoms with Crippen LogP contribution in [0.3, 0.4) is 0 Å². The van der Waals surface area contributed by atoms with Crippen molar-refractivity contribution in [2.75, 3.05) is 19.5 Å². The lowest BCUT2D eigenvalue weighted by atomic mass is 9.74. The minimum atomic E-state index is -1.82. The summed E-state index contributed by atoms with van der Waals surface area (Å²) in [6.45, 7) is 1.72. The van der Waals surface area contributed by atoms with Crippen molar-refractivity contribution in [2.24, 2.45) is 5.92 Å². The van der Waals surface area contributed by atoms with E-state index in [0.29, 0.717) is 11.4 Å². The van der Waals surface area contributed by atoms with Crippen LogP contribution in [0.5, 0.6) is 17.2 Å². The van der Waals surface area contributed by atoms with Crippen molar-refractivity contribution in [1.29, 1.82) is 0 Å². The smallest absolute Gasteiger partial charge is 0.272 e. The Morgan fingerprint density at radius 2 is 1.80 bits per heavy atom. The minimum absolute atomic E-state index is 0.0395. The standard InChI is InChI=1S/C24H20ClN3O7/c1-10-7-11(26-13-6-4-5-12-17(13)23(32)28-27-22(12)31)8-16(29)24(10)21(30)18-14(33-2)9-15(34-3)19(25)20(18)35-24/h4-6,8-10,26H,7H2,1-3H3,(H,27,31)(H,28,32). The summed E-state index contributed by atoms with van der Waals surface area (Å²) in [6, 6.07) is 6.25. The van der Waals surface area contributed by atoms with Crippen LogP contribution in [0.1, 0.15) is 23.7 Å². The maximum atomic E-state index is 13.6. The molecule has 0 saturated heterocycles. The molecule has 35 heavy (non-hydrogen) atoms. The maximum Gasteiger partial charge on any atom is 0.272 e. The number of anilines is 1. The Kier molecular flexibility index (Phi) is 5.21. The molecule has 0 saturated carbocycles. The van der Waals surface area contributed by atoms with Gasteiger partial charge in [-0.25, -0.2) is 0 Å². The van der Waals surface area contributed by atoms with Gasteiger partial charge < -0.3 is 19.5 Å². The van der Waals surface area contributed by atoms with Gasteiger partial charge in [0.15, 0.2) is 5.75 Å². The molecule has 2 heterocycles. The molecule has 3 aromatic rings. The van der Waals surface area contributed by atoms with E-state index in [4.69, 9.17) is 25.8 Å². The number of rotatable bonds is 4. The number of aromatic nitrogens is 2. The summed E-state index contributed by atoms with van der Waals surface area (Å²) < 4.78 is 16.6. The second-order valence-corrected chi connectivity index (χ2v) is 8.74. The minimum Gasteiger partial charge on any atom is -0.496 e. The topological polar surface area (TPSA) is 140 Å². The van der Waals surface area contributed by atoms with E-state index in [1.54, 1.807) is 19.1 Å². The van der Waals surface area contributed by atoms with E-state index in [0.717, 1.165) is 0 Å². The first-order valence-electron chi connectivity index (χ1n) is 10.7. The number of hydrogen-bond acceptors (Lipinski definition) is 8. The van der Waals surface area contributed by atoms with Gasteiger partial charge >= 0.3 is 0 Å². The Labute approximate surface area is 202 Å². The number of Topliss-reactive ketones (excluding diaryl/α,β-unsaturated/α-hetero) is 1. The highest BCUT2D eigenvalue weighted by atomic mass is 35.5. The van der Waals surface area contributed by atoms with Crippen molar-refractivity contribution in [1.82, 2.24) is 10.2 Å². The molecule has 11 heteroatoms. The molecule has 2 aromatic carbocycles. The van der Waals surface area contributed by atoms with Gasteiger partial charge in [-0.2, -0.15) is 0 Å². The van der Waals surface area contributed by atoms with Crippen LogP contribution in [-0.2, 0) is 4.79 Å². The van der Waals surface area contributed by atoms with E-state index in [9.17, 15) is 19.2 Å². The molecule has 2 aliphatic rings. The van der Waals surface area contributed by atoms with Gasteiger partial charge in [0.05, 0.1) is 30.7 Å². The monoisotopic (exact) mass is 497 g/mol. The molecule has 0 radical (unpaired) electrons. The van der Waals surface area contributed by atoms with E-state index in [2.05, 4.69) is 15.5 Å². The predicted molar refractivity (Wildman–Crippen MR) is 128 cm³/mol. The Bertz CT molecular complexity index is 1570. The number of carbonyl (C=O) groups is 2. The zero-order valence-corrected chi connectivity index (χ0v) is 19.7. The lowest BCUT2D eigenvalue weighted by Gasteiger charge is -2.35. The van der Waals surface area contributed by atoms with Crippen LogP contribution in [0.15, 0.2) is 45.6 Å². The molecule has 5 rings (SSSR count). The number of benzene rings is 2. The lowest BCUT2D eigenvalue weighted by Crippen LogP contribution is -2.55. The number of carbonyl (C=O) groups excluding carboxylic acids is 2. The molecule has 3 N–H and O–H groups in total. The fraction of sp³-hybridized carbons (Fsp3) is 0.250. The summed E-state index contributed by atoms with van der Waals surface area (Å²) >= 11 is 6.41. The van der Waals surface area contributed by atoms with Crippen LogP contribution in [0.4, 0.5) is 5.69 Å². The molecule has 1 aliphatic carbocycles. The van der Waals surface area contributed by atoms with Crippen molar-refractivity contribution >= 4 is 39.6 Å². The van der Waals surface area contributed by atoms with E-state index in [1.807, 2.05) is 0 Å². The van der Waals surface area contributed by atoms with Crippen LogP contribution < -0.4 is 30.6 Å². The number of ketones is 2. The third-order valence-electron chi connectivity index (χ3n) is 6.43. The molecule has 10 nitrogen and oxygen atoms in total. The third kappa shape index (κ3) is 3.17. The fourth-order valence-corrected chi connectivity index (χ4v) is 4.99. The fourth-order valence-electron chi connectivity index (χ4n) is 4.72. The van der Waals surface area contributed by atoms with Gasteiger partial charge in [-0.3, -0.25) is 29.4 Å². The largest absolute Gasteiger partial charge is 0.496 e. The number of fused-ring (bicyclic) bond motifs is 2. The van der Waals surface area contributed by atoms with Gasteiger partial charge in [0.1, 0.15) is 22.1 Å². The SMILES string of the molecule is COc1cc(OC)c2c(c1Cl)OC1(C(=O)C=C(Nc3cccc4c(=O)[nH][nH]c(=O)c34)CC1C)C2=O. The molecule has 1 aliphatic heterocycles. The zero-order valence-electron chi connectivity index (χ0n) is 18.9. The van der Waals surface area contributed by atoms with E-state index in [-0.39, 0.29) is 45.0 Å². The molecule has 1 aromatic heterocycles. The number of H-pyrrole nitrogens is 2. The van der Waals surface area contributed by atoms with E-state index in [1.165, 1.54) is 32.4 Å². The molecular formula is C24H20ClN3O7. The lowest BCUT2D eigenvalue weighted by molar-refractivity contribution is -0.129. The normalized spacial score (nSPS) is 21.0. The number of hydrogen-bond donors (Lipinski definition) is 3. The average Bonchev–Trinajstić information content (AvgIpc) is 3.15. The van der Waals surface area contributed by atoms with E-state index < -0.39 is 34.2 Å². The quantitative estimate of drug-likeness (QED) is 0.467. The second kappa shape index (κ2) is 8.02. The average molecular weight is 498 g/mol. The number of ether oxygens (including phenoxy) is 3. The van der Waals surface area contributed by atoms with Crippen molar-refractivity contribution in [2.45, 2.75) is 18.9 Å². The summed E-state index contributed by atoms with van der Waals surface area (Å²) in [7, 11) is 2.81. The van der Waals surface area contributed by atoms with Crippen molar-refractivity contribution in [3.8, 4) is 17.2 Å². The Balaban J connectivity index is 1.56. The number of nitrogens with one attached hydrogen (secondary N) is 3. The van der Waals surface area contributed by atoms with Crippen LogP contribution >= 0.6 is 11.6 Å². The molecule has 1 spiro atoms. The molecule has 2 unspecified atom stereocenters. The van der Waals surface area contributed by atoms with Crippen molar-refractivity contribution in [3.63, 3.8) is 0 Å². The highest BCUT2D eigenvalue weighted by molar-refractivity contribution is 6.36. The van der Waals surface area contributed by atoms with Gasteiger partial charge in [-0.15, -0.1) is 0 Å². The van der Waals surface area contributed by atoms with Gasteiger partial charge in [0, 0.05) is 23.8 Å². The van der Waals surface area contributed by atoms with Gasteiger partial charge in [-0.1, -0.05) is 24.6 Å². The molecule has 0 fully saturated rings. The molecule has 2 atom stereocenters.